The smallest absolute Gasteiger partial charge is 0.174 e. The lowest BCUT2D eigenvalue weighted by molar-refractivity contribution is 0.309. The van der Waals surface area contributed by atoms with E-state index in [0.717, 1.165) is 5.57 Å². The maximum atomic E-state index is 6.35. The molecule has 1 nitrogen and oxygen atoms in total. The largest absolute Gasteiger partial charge is 0.457 e. The first-order valence-corrected chi connectivity index (χ1v) is 5.67. The summed E-state index contributed by atoms with van der Waals surface area (Å²) in [5.41, 5.74) is 1.34. The van der Waals surface area contributed by atoms with Gasteiger partial charge in [-0.3, -0.25) is 0 Å². The van der Waals surface area contributed by atoms with E-state index in [4.69, 9.17) is 27.9 Å². The van der Waals surface area contributed by atoms with Gasteiger partial charge in [0.05, 0.1) is 0 Å². The van der Waals surface area contributed by atoms with Crippen LogP contribution in [0.15, 0.2) is 60.1 Å². The van der Waals surface area contributed by atoms with Gasteiger partial charge in [0.1, 0.15) is 11.5 Å². The summed E-state index contributed by atoms with van der Waals surface area (Å²) in [6, 6.07) is 0. The summed E-state index contributed by atoms with van der Waals surface area (Å²) in [6.45, 7) is 11.1. The summed E-state index contributed by atoms with van der Waals surface area (Å²) < 4.78 is 4.50. The van der Waals surface area contributed by atoms with Crippen LogP contribution in [-0.4, -0.2) is 4.33 Å². The second-order valence-electron chi connectivity index (χ2n) is 3.22. The van der Waals surface area contributed by atoms with Gasteiger partial charge in [-0.25, -0.2) is 0 Å². The Kier molecular flexibility index (Phi) is 4.06. The highest BCUT2D eigenvalue weighted by Gasteiger charge is 2.40. The van der Waals surface area contributed by atoms with Gasteiger partial charge in [-0.1, -0.05) is 48.5 Å². The average molecular weight is 257 g/mol. The van der Waals surface area contributed by atoms with E-state index in [2.05, 4.69) is 13.2 Å². The van der Waals surface area contributed by atoms with Gasteiger partial charge >= 0.3 is 0 Å². The molecule has 86 valence electrons. The normalized spacial score (nSPS) is 24.5. The molecule has 0 atom stereocenters. The Balaban J connectivity index is 3.50. The van der Waals surface area contributed by atoms with Crippen molar-refractivity contribution in [3.8, 4) is 0 Å². The van der Waals surface area contributed by atoms with Gasteiger partial charge in [0.15, 0.2) is 4.33 Å². The second kappa shape index (κ2) is 4.94. The van der Waals surface area contributed by atoms with Crippen molar-refractivity contribution in [2.24, 2.45) is 0 Å². The lowest BCUT2D eigenvalue weighted by Crippen LogP contribution is -2.27. The average Bonchev–Trinajstić information content (AvgIpc) is 2.26. The Morgan fingerprint density at radius 2 is 1.75 bits per heavy atom. The molecule has 0 bridgehead atoms. The number of hydrogen-bond acceptors (Lipinski definition) is 1. The highest BCUT2D eigenvalue weighted by Crippen LogP contribution is 2.47. The first-order valence-electron chi connectivity index (χ1n) is 4.91. The number of allylic oxidation sites excluding steroid dienone is 6. The molecule has 0 unspecified atom stereocenters. The van der Waals surface area contributed by atoms with Crippen molar-refractivity contribution in [2.45, 2.75) is 18.2 Å². The van der Waals surface area contributed by atoms with Crippen LogP contribution in [0.1, 0.15) is 13.8 Å². The van der Waals surface area contributed by atoms with Crippen molar-refractivity contribution >= 4 is 23.2 Å². The molecule has 0 aromatic rings. The number of halogens is 2. The Morgan fingerprint density at radius 1 is 1.12 bits per heavy atom. The molecule has 3 heteroatoms. The van der Waals surface area contributed by atoms with Crippen molar-refractivity contribution < 1.29 is 4.74 Å². The van der Waals surface area contributed by atoms with Gasteiger partial charge < -0.3 is 4.74 Å². The highest BCUT2D eigenvalue weighted by atomic mass is 35.5. The maximum absolute atomic E-state index is 6.35. The molecule has 0 fully saturated rings. The third-order valence-electron chi connectivity index (χ3n) is 2.37. The van der Waals surface area contributed by atoms with Crippen molar-refractivity contribution in [3.63, 3.8) is 0 Å². The maximum Gasteiger partial charge on any atom is 0.174 e. The SMILES string of the molecule is C=CC1=C(C=C)C(Cl)(Cl)C(=C/C)/C(=C\C)O1. The Hall–Kier alpha value is -0.920. The van der Waals surface area contributed by atoms with Crippen molar-refractivity contribution in [3.05, 3.63) is 60.1 Å². The molecular formula is C13H14Cl2O. The Labute approximate surface area is 106 Å². The number of hydrogen-bond donors (Lipinski definition) is 0. The predicted molar refractivity (Wildman–Crippen MR) is 70.5 cm³/mol. The summed E-state index contributed by atoms with van der Waals surface area (Å²) in [6.07, 6.45) is 6.82. The van der Waals surface area contributed by atoms with E-state index in [0.29, 0.717) is 17.1 Å². The molecule has 0 spiro atoms. The lowest BCUT2D eigenvalue weighted by atomic mass is 9.97. The van der Waals surface area contributed by atoms with E-state index in [9.17, 15) is 0 Å². The van der Waals surface area contributed by atoms with Crippen LogP contribution in [0.2, 0.25) is 0 Å². The third-order valence-corrected chi connectivity index (χ3v) is 3.18. The molecular weight excluding hydrogens is 243 g/mol. The molecule has 1 aliphatic heterocycles. The zero-order valence-corrected chi connectivity index (χ0v) is 10.9. The van der Waals surface area contributed by atoms with Crippen molar-refractivity contribution in [1.29, 1.82) is 0 Å². The molecule has 0 saturated carbocycles. The summed E-state index contributed by atoms with van der Waals surface area (Å²) in [4.78, 5) is 0. The molecule has 1 heterocycles. The molecule has 0 radical (unpaired) electrons. The fraction of sp³-hybridized carbons (Fsp3) is 0.231. The van der Waals surface area contributed by atoms with Crippen LogP contribution in [0.4, 0.5) is 0 Å². The van der Waals surface area contributed by atoms with Crippen LogP contribution in [0.5, 0.6) is 0 Å². The summed E-state index contributed by atoms with van der Waals surface area (Å²) in [7, 11) is 0. The zero-order valence-electron chi connectivity index (χ0n) is 9.39. The molecule has 0 amide bonds. The van der Waals surface area contributed by atoms with Gasteiger partial charge in [0, 0.05) is 11.1 Å². The van der Waals surface area contributed by atoms with Crippen LogP contribution >= 0.6 is 23.2 Å². The van der Waals surface area contributed by atoms with Crippen LogP contribution in [-0.2, 0) is 4.74 Å². The first-order chi connectivity index (χ1) is 7.52. The standard InChI is InChI=1S/C13H14Cl2O/c1-5-9-11(7-3)16-12(8-4)10(6-2)13(9,14)15/h5-8H,1,3H2,2,4H3/b10-6+,12-8+. The van der Waals surface area contributed by atoms with Gasteiger partial charge in [-0.2, -0.15) is 0 Å². The molecule has 0 aromatic carbocycles. The molecule has 16 heavy (non-hydrogen) atoms. The zero-order chi connectivity index (χ0) is 12.3. The minimum absolute atomic E-state index is 0.540. The van der Waals surface area contributed by atoms with Crippen molar-refractivity contribution in [2.75, 3.05) is 0 Å². The lowest BCUT2D eigenvalue weighted by Gasteiger charge is -2.32. The Morgan fingerprint density at radius 3 is 2.12 bits per heavy atom. The fourth-order valence-corrected chi connectivity index (χ4v) is 2.35. The molecule has 1 rings (SSSR count). The molecule has 0 saturated heterocycles. The van der Waals surface area contributed by atoms with Gasteiger partial charge in [0.25, 0.3) is 0 Å². The van der Waals surface area contributed by atoms with Crippen molar-refractivity contribution in [1.82, 2.24) is 0 Å². The molecule has 0 N–H and O–H groups in total. The van der Waals surface area contributed by atoms with Gasteiger partial charge in [-0.05, 0) is 26.0 Å². The minimum atomic E-state index is -1.14. The molecule has 0 aliphatic carbocycles. The van der Waals surface area contributed by atoms with Crippen LogP contribution in [0.3, 0.4) is 0 Å². The topological polar surface area (TPSA) is 9.23 Å². The molecule has 1 aliphatic rings. The monoisotopic (exact) mass is 256 g/mol. The van der Waals surface area contributed by atoms with E-state index in [1.807, 2.05) is 26.0 Å². The van der Waals surface area contributed by atoms with E-state index >= 15 is 0 Å². The quantitative estimate of drug-likeness (QED) is 0.653. The van der Waals surface area contributed by atoms with E-state index in [-0.39, 0.29) is 0 Å². The first kappa shape index (κ1) is 13.1. The summed E-state index contributed by atoms with van der Waals surface area (Å²) >= 11 is 12.7. The highest BCUT2D eigenvalue weighted by molar-refractivity contribution is 6.53. The minimum Gasteiger partial charge on any atom is -0.457 e. The van der Waals surface area contributed by atoms with E-state index < -0.39 is 4.33 Å². The second-order valence-corrected chi connectivity index (χ2v) is 4.55. The van der Waals surface area contributed by atoms with E-state index in [1.165, 1.54) is 0 Å². The van der Waals surface area contributed by atoms with E-state index in [1.54, 1.807) is 12.2 Å². The number of alkyl halides is 2. The number of ether oxygens (including phenoxy) is 1. The van der Waals surface area contributed by atoms with Gasteiger partial charge in [0.2, 0.25) is 0 Å². The molecule has 0 aromatic heterocycles. The van der Waals surface area contributed by atoms with Crippen LogP contribution in [0.25, 0.3) is 0 Å². The summed E-state index contributed by atoms with van der Waals surface area (Å²) in [5.74, 6) is 1.19. The number of rotatable bonds is 2. The van der Waals surface area contributed by atoms with Crippen LogP contribution in [0, 0.1) is 0 Å². The Bertz CT molecular complexity index is 412. The fourth-order valence-electron chi connectivity index (χ4n) is 1.60. The van der Waals surface area contributed by atoms with Crippen LogP contribution < -0.4 is 0 Å². The van der Waals surface area contributed by atoms with Gasteiger partial charge in [-0.15, -0.1) is 0 Å². The summed E-state index contributed by atoms with van der Waals surface area (Å²) in [5, 5.41) is 0. The predicted octanol–water partition coefficient (Wildman–Crippen LogP) is 4.67. The third kappa shape index (κ3) is 1.98.